The molecule has 0 spiro atoms. The second-order valence-corrected chi connectivity index (χ2v) is 5.68. The topological polar surface area (TPSA) is 15.3 Å². The summed E-state index contributed by atoms with van der Waals surface area (Å²) in [5.74, 6) is 2.17. The maximum Gasteiger partial charge on any atom is 0.0361 e. The Morgan fingerprint density at radius 2 is 2.00 bits per heavy atom. The van der Waals surface area contributed by atoms with E-state index in [1.807, 2.05) is 17.8 Å². The molecule has 0 saturated carbocycles. The van der Waals surface area contributed by atoms with Gasteiger partial charge >= 0.3 is 0 Å². The lowest BCUT2D eigenvalue weighted by Gasteiger charge is -2.17. The van der Waals surface area contributed by atoms with E-state index in [2.05, 4.69) is 62.1 Å². The predicted octanol–water partition coefficient (Wildman–Crippen LogP) is 3.32. The number of thioether (sulfide) groups is 1. The molecule has 0 aliphatic rings. The van der Waals surface area contributed by atoms with Crippen LogP contribution in [0.2, 0.25) is 0 Å². The van der Waals surface area contributed by atoms with E-state index in [0.717, 1.165) is 18.1 Å². The van der Waals surface area contributed by atoms with Crippen molar-refractivity contribution in [3.05, 3.63) is 42.5 Å². The zero-order chi connectivity index (χ0) is 13.4. The lowest BCUT2D eigenvalue weighted by molar-refractivity contribution is 0.601. The molecule has 1 aromatic rings. The zero-order valence-corrected chi connectivity index (χ0v) is 12.5. The Balaban J connectivity index is 2.36. The summed E-state index contributed by atoms with van der Waals surface area (Å²) in [5, 5.41) is 3.54. The number of anilines is 1. The summed E-state index contributed by atoms with van der Waals surface area (Å²) in [6, 6.07) is 9.14. The van der Waals surface area contributed by atoms with Gasteiger partial charge in [0, 0.05) is 43.9 Å². The molecule has 0 fully saturated rings. The molecule has 100 valence electrons. The maximum absolute atomic E-state index is 3.72. The number of nitrogens with one attached hydrogen (secondary N) is 1. The van der Waals surface area contributed by atoms with Crippen molar-refractivity contribution >= 4 is 17.4 Å². The molecule has 0 aliphatic carbocycles. The van der Waals surface area contributed by atoms with Crippen LogP contribution in [0.4, 0.5) is 5.69 Å². The van der Waals surface area contributed by atoms with E-state index >= 15 is 0 Å². The normalized spacial score (nSPS) is 12.2. The summed E-state index contributed by atoms with van der Waals surface area (Å²) >= 11 is 1.91. The number of hydrogen-bond donors (Lipinski definition) is 1. The van der Waals surface area contributed by atoms with Crippen LogP contribution in [0.25, 0.3) is 0 Å². The van der Waals surface area contributed by atoms with Gasteiger partial charge in [-0.1, -0.05) is 18.2 Å². The lowest BCUT2D eigenvalue weighted by Crippen LogP contribution is -2.21. The van der Waals surface area contributed by atoms with Crippen molar-refractivity contribution in [2.75, 3.05) is 37.0 Å². The van der Waals surface area contributed by atoms with Crippen LogP contribution >= 0.6 is 11.8 Å². The molecule has 3 heteroatoms. The van der Waals surface area contributed by atoms with E-state index in [9.17, 15) is 0 Å². The van der Waals surface area contributed by atoms with Gasteiger partial charge < -0.3 is 10.2 Å². The monoisotopic (exact) mass is 264 g/mol. The highest BCUT2D eigenvalue weighted by atomic mass is 32.2. The van der Waals surface area contributed by atoms with E-state index in [-0.39, 0.29) is 0 Å². The fraction of sp³-hybridized carbons (Fsp3) is 0.467. The fourth-order valence-corrected chi connectivity index (χ4v) is 2.29. The molecule has 1 N–H and O–H groups in total. The number of hydrogen-bond acceptors (Lipinski definition) is 3. The van der Waals surface area contributed by atoms with Crippen LogP contribution in [0.3, 0.4) is 0 Å². The van der Waals surface area contributed by atoms with Crippen molar-refractivity contribution < 1.29 is 0 Å². The Kier molecular flexibility index (Phi) is 6.91. The molecule has 1 rings (SSSR count). The van der Waals surface area contributed by atoms with Crippen LogP contribution in [0.1, 0.15) is 18.5 Å². The van der Waals surface area contributed by atoms with Crippen LogP contribution in [0.15, 0.2) is 36.9 Å². The Hall–Kier alpha value is -0.930. The van der Waals surface area contributed by atoms with Crippen molar-refractivity contribution in [3.63, 3.8) is 0 Å². The second kappa shape index (κ2) is 8.22. The highest BCUT2D eigenvalue weighted by Gasteiger charge is 2.04. The molecule has 1 atom stereocenters. The second-order valence-electron chi connectivity index (χ2n) is 4.53. The molecule has 0 saturated heterocycles. The smallest absolute Gasteiger partial charge is 0.0361 e. The molecule has 0 bridgehead atoms. The molecule has 1 unspecified atom stereocenters. The molecule has 2 nitrogen and oxygen atoms in total. The van der Waals surface area contributed by atoms with Crippen molar-refractivity contribution in [2.24, 2.45) is 0 Å². The van der Waals surface area contributed by atoms with E-state index in [1.54, 1.807) is 0 Å². The van der Waals surface area contributed by atoms with Gasteiger partial charge in [0.05, 0.1) is 0 Å². The summed E-state index contributed by atoms with van der Waals surface area (Å²) in [6.45, 7) is 6.97. The summed E-state index contributed by atoms with van der Waals surface area (Å²) in [5.41, 5.74) is 2.59. The Labute approximate surface area is 115 Å². The van der Waals surface area contributed by atoms with Gasteiger partial charge in [-0.25, -0.2) is 0 Å². The Bertz CT molecular complexity index is 346. The minimum atomic E-state index is 0.408. The Morgan fingerprint density at radius 3 is 2.56 bits per heavy atom. The summed E-state index contributed by atoms with van der Waals surface area (Å²) < 4.78 is 0. The van der Waals surface area contributed by atoms with Crippen molar-refractivity contribution in [2.45, 2.75) is 13.0 Å². The molecule has 0 heterocycles. The maximum atomic E-state index is 3.72. The largest absolute Gasteiger partial charge is 0.378 e. The first-order chi connectivity index (χ1) is 8.65. The molecular formula is C15H24N2S. The van der Waals surface area contributed by atoms with E-state index in [4.69, 9.17) is 0 Å². The molecular weight excluding hydrogens is 240 g/mol. The predicted molar refractivity (Wildman–Crippen MR) is 84.7 cm³/mol. The molecule has 18 heavy (non-hydrogen) atoms. The van der Waals surface area contributed by atoms with Crippen LogP contribution < -0.4 is 10.2 Å². The third kappa shape index (κ3) is 5.15. The van der Waals surface area contributed by atoms with Gasteiger partial charge in [-0.05, 0) is 24.6 Å². The summed E-state index contributed by atoms with van der Waals surface area (Å²) in [4.78, 5) is 2.12. The minimum absolute atomic E-state index is 0.408. The minimum Gasteiger partial charge on any atom is -0.378 e. The molecule has 0 radical (unpaired) electrons. The van der Waals surface area contributed by atoms with Crippen molar-refractivity contribution in [1.82, 2.24) is 5.32 Å². The summed E-state index contributed by atoms with van der Waals surface area (Å²) in [6.07, 6.45) is 1.95. The van der Waals surface area contributed by atoms with Crippen LogP contribution in [-0.4, -0.2) is 32.1 Å². The van der Waals surface area contributed by atoms with Gasteiger partial charge in [-0.2, -0.15) is 11.8 Å². The molecule has 0 amide bonds. The number of benzene rings is 1. The average Bonchev–Trinajstić information content (AvgIpc) is 2.38. The Morgan fingerprint density at radius 1 is 1.33 bits per heavy atom. The molecule has 1 aromatic carbocycles. The van der Waals surface area contributed by atoms with E-state index < -0.39 is 0 Å². The first-order valence-electron chi connectivity index (χ1n) is 6.34. The standard InChI is InChI=1S/C15H24N2S/c1-5-11-18-12-10-16-13(2)14-6-8-15(9-7-14)17(3)4/h5-9,13,16H,1,10-12H2,2-4H3. The summed E-state index contributed by atoms with van der Waals surface area (Å²) in [7, 11) is 4.13. The van der Waals surface area contributed by atoms with E-state index in [0.29, 0.717) is 6.04 Å². The SMILES string of the molecule is C=CCSCCNC(C)c1ccc(N(C)C)cc1. The van der Waals surface area contributed by atoms with Gasteiger partial charge in [0.1, 0.15) is 0 Å². The third-order valence-electron chi connectivity index (χ3n) is 2.84. The third-order valence-corrected chi connectivity index (χ3v) is 3.81. The fourth-order valence-electron chi connectivity index (χ4n) is 1.69. The first kappa shape index (κ1) is 15.1. The van der Waals surface area contributed by atoms with Gasteiger partial charge in [0.2, 0.25) is 0 Å². The van der Waals surface area contributed by atoms with Gasteiger partial charge in [0.15, 0.2) is 0 Å². The van der Waals surface area contributed by atoms with Crippen LogP contribution in [0.5, 0.6) is 0 Å². The van der Waals surface area contributed by atoms with Crippen molar-refractivity contribution in [1.29, 1.82) is 0 Å². The quantitative estimate of drug-likeness (QED) is 0.573. The zero-order valence-electron chi connectivity index (χ0n) is 11.6. The van der Waals surface area contributed by atoms with Crippen LogP contribution in [0, 0.1) is 0 Å². The van der Waals surface area contributed by atoms with Gasteiger partial charge in [-0.3, -0.25) is 0 Å². The lowest BCUT2D eigenvalue weighted by atomic mass is 10.1. The number of nitrogens with zero attached hydrogens (tertiary/aromatic N) is 1. The van der Waals surface area contributed by atoms with Gasteiger partial charge in [-0.15, -0.1) is 6.58 Å². The molecule has 0 aromatic heterocycles. The average molecular weight is 264 g/mol. The first-order valence-corrected chi connectivity index (χ1v) is 7.50. The van der Waals surface area contributed by atoms with Crippen LogP contribution in [-0.2, 0) is 0 Å². The van der Waals surface area contributed by atoms with E-state index in [1.165, 1.54) is 11.3 Å². The molecule has 0 aliphatic heterocycles. The van der Waals surface area contributed by atoms with Crippen molar-refractivity contribution in [3.8, 4) is 0 Å². The number of rotatable bonds is 8. The highest BCUT2D eigenvalue weighted by Crippen LogP contribution is 2.17. The van der Waals surface area contributed by atoms with Gasteiger partial charge in [0.25, 0.3) is 0 Å². The highest BCUT2D eigenvalue weighted by molar-refractivity contribution is 7.99.